The van der Waals surface area contributed by atoms with Crippen LogP contribution in [0.15, 0.2) is 10.7 Å². The first-order chi connectivity index (χ1) is 7.72. The minimum absolute atomic E-state index is 0.0721. The Balaban J connectivity index is 2.54. The molecule has 0 aliphatic carbocycles. The standard InChI is InChI=1S/C13H24N2O2/c1-7-13(5,6)17-11-15-10(9-16-11)8-14-12(2,3)4/h9,14H,7-8H2,1-6H3. The van der Waals surface area contributed by atoms with Crippen molar-refractivity contribution in [3.8, 4) is 6.08 Å². The minimum atomic E-state index is -0.237. The Morgan fingerprint density at radius 3 is 2.47 bits per heavy atom. The van der Waals surface area contributed by atoms with Gasteiger partial charge in [-0.3, -0.25) is 0 Å². The van der Waals surface area contributed by atoms with Crippen molar-refractivity contribution in [1.29, 1.82) is 0 Å². The topological polar surface area (TPSA) is 47.3 Å². The zero-order valence-electron chi connectivity index (χ0n) is 11.8. The van der Waals surface area contributed by atoms with Gasteiger partial charge in [-0.05, 0) is 41.0 Å². The molecule has 17 heavy (non-hydrogen) atoms. The lowest BCUT2D eigenvalue weighted by molar-refractivity contribution is 0.0666. The van der Waals surface area contributed by atoms with Gasteiger partial charge in [-0.2, -0.15) is 4.98 Å². The van der Waals surface area contributed by atoms with Crippen LogP contribution in [0.4, 0.5) is 0 Å². The number of hydrogen-bond acceptors (Lipinski definition) is 4. The highest BCUT2D eigenvalue weighted by Crippen LogP contribution is 2.20. The second-order valence-corrected chi connectivity index (χ2v) is 5.92. The van der Waals surface area contributed by atoms with E-state index in [-0.39, 0.29) is 11.1 Å². The maximum atomic E-state index is 5.66. The second kappa shape index (κ2) is 5.08. The molecule has 0 aliphatic heterocycles. The summed E-state index contributed by atoms with van der Waals surface area (Å²) >= 11 is 0. The van der Waals surface area contributed by atoms with Crippen LogP contribution >= 0.6 is 0 Å². The molecule has 0 atom stereocenters. The molecular weight excluding hydrogens is 216 g/mol. The third kappa shape index (κ3) is 5.22. The summed E-state index contributed by atoms with van der Waals surface area (Å²) in [5.74, 6) is 0. The molecule has 0 bridgehead atoms. The van der Waals surface area contributed by atoms with Gasteiger partial charge >= 0.3 is 6.08 Å². The highest BCUT2D eigenvalue weighted by Gasteiger charge is 2.20. The van der Waals surface area contributed by atoms with E-state index in [1.54, 1.807) is 6.26 Å². The fraction of sp³-hybridized carbons (Fsp3) is 0.769. The monoisotopic (exact) mass is 240 g/mol. The lowest BCUT2D eigenvalue weighted by Gasteiger charge is -2.21. The fourth-order valence-corrected chi connectivity index (χ4v) is 1.08. The zero-order valence-corrected chi connectivity index (χ0v) is 11.8. The van der Waals surface area contributed by atoms with Crippen molar-refractivity contribution >= 4 is 0 Å². The van der Waals surface area contributed by atoms with E-state index in [0.717, 1.165) is 12.1 Å². The minimum Gasteiger partial charge on any atom is -0.444 e. The summed E-state index contributed by atoms with van der Waals surface area (Å²) in [6, 6.07) is 0. The lowest BCUT2D eigenvalue weighted by atomic mass is 10.1. The van der Waals surface area contributed by atoms with Gasteiger partial charge in [0.05, 0.1) is 5.69 Å². The maximum Gasteiger partial charge on any atom is 0.394 e. The van der Waals surface area contributed by atoms with E-state index in [9.17, 15) is 0 Å². The molecule has 4 heteroatoms. The van der Waals surface area contributed by atoms with Gasteiger partial charge in [0.2, 0.25) is 0 Å². The molecule has 98 valence electrons. The van der Waals surface area contributed by atoms with Crippen molar-refractivity contribution in [2.75, 3.05) is 0 Å². The van der Waals surface area contributed by atoms with E-state index in [2.05, 4.69) is 38.0 Å². The number of aromatic nitrogens is 1. The highest BCUT2D eigenvalue weighted by atomic mass is 16.6. The summed E-state index contributed by atoms with van der Waals surface area (Å²) in [4.78, 5) is 4.30. The molecule has 1 aromatic heterocycles. The SMILES string of the molecule is CCC(C)(C)Oc1nc(CNC(C)(C)C)co1. The number of nitrogens with zero attached hydrogens (tertiary/aromatic N) is 1. The Kier molecular flexibility index (Phi) is 4.20. The van der Waals surface area contributed by atoms with Crippen LogP contribution in [-0.2, 0) is 6.54 Å². The molecule has 0 spiro atoms. The van der Waals surface area contributed by atoms with Crippen LogP contribution in [0.1, 0.15) is 53.7 Å². The summed E-state index contributed by atoms with van der Waals surface area (Å²) in [6.45, 7) is 13.1. The molecule has 4 nitrogen and oxygen atoms in total. The molecule has 0 aliphatic rings. The average Bonchev–Trinajstić information content (AvgIpc) is 2.61. The van der Waals surface area contributed by atoms with Crippen LogP contribution in [-0.4, -0.2) is 16.1 Å². The predicted molar refractivity (Wildman–Crippen MR) is 68.1 cm³/mol. The zero-order chi connectivity index (χ0) is 13.1. The number of ether oxygens (including phenoxy) is 1. The summed E-state index contributed by atoms with van der Waals surface area (Å²) < 4.78 is 11.0. The molecule has 0 aromatic carbocycles. The van der Waals surface area contributed by atoms with Crippen molar-refractivity contribution in [3.05, 3.63) is 12.0 Å². The third-order valence-corrected chi connectivity index (χ3v) is 2.55. The van der Waals surface area contributed by atoms with Gasteiger partial charge < -0.3 is 14.5 Å². The molecule has 1 heterocycles. The molecule has 1 rings (SSSR count). The van der Waals surface area contributed by atoms with Gasteiger partial charge in [-0.15, -0.1) is 0 Å². The van der Waals surface area contributed by atoms with Crippen LogP contribution < -0.4 is 10.1 Å². The van der Waals surface area contributed by atoms with E-state index >= 15 is 0 Å². The van der Waals surface area contributed by atoms with Gasteiger partial charge in [0.25, 0.3) is 0 Å². The molecule has 0 amide bonds. The van der Waals surface area contributed by atoms with Crippen molar-refractivity contribution < 1.29 is 9.15 Å². The predicted octanol–water partition coefficient (Wildman–Crippen LogP) is 3.13. The molecule has 0 saturated heterocycles. The first-order valence-electron chi connectivity index (χ1n) is 6.10. The van der Waals surface area contributed by atoms with Gasteiger partial charge in [-0.25, -0.2) is 0 Å². The summed E-state index contributed by atoms with van der Waals surface area (Å²) in [6.07, 6.45) is 2.90. The van der Waals surface area contributed by atoms with Crippen molar-refractivity contribution in [2.24, 2.45) is 0 Å². The molecule has 1 aromatic rings. The van der Waals surface area contributed by atoms with E-state index in [4.69, 9.17) is 9.15 Å². The molecule has 0 fully saturated rings. The Hall–Kier alpha value is -1.03. The van der Waals surface area contributed by atoms with Gasteiger partial charge in [0.15, 0.2) is 0 Å². The first-order valence-corrected chi connectivity index (χ1v) is 6.10. The normalized spacial score (nSPS) is 12.8. The molecular formula is C13H24N2O2. The molecule has 0 saturated carbocycles. The van der Waals surface area contributed by atoms with Gasteiger partial charge in [0.1, 0.15) is 11.9 Å². The summed E-state index contributed by atoms with van der Waals surface area (Å²) in [7, 11) is 0. The van der Waals surface area contributed by atoms with Crippen molar-refractivity contribution in [1.82, 2.24) is 10.3 Å². The molecule has 0 unspecified atom stereocenters. The lowest BCUT2D eigenvalue weighted by Crippen LogP contribution is -2.35. The number of hydrogen-bond donors (Lipinski definition) is 1. The Labute approximate surface area is 104 Å². The maximum absolute atomic E-state index is 5.66. The van der Waals surface area contributed by atoms with Crippen LogP contribution in [0, 0.1) is 0 Å². The van der Waals surface area contributed by atoms with E-state index in [1.807, 2.05) is 13.8 Å². The van der Waals surface area contributed by atoms with Crippen molar-refractivity contribution in [2.45, 2.75) is 65.6 Å². The van der Waals surface area contributed by atoms with E-state index < -0.39 is 0 Å². The Morgan fingerprint density at radius 1 is 1.29 bits per heavy atom. The number of oxazole rings is 1. The number of nitrogens with one attached hydrogen (secondary N) is 1. The third-order valence-electron chi connectivity index (χ3n) is 2.55. The Morgan fingerprint density at radius 2 is 1.94 bits per heavy atom. The summed E-state index contributed by atoms with van der Waals surface area (Å²) in [5.41, 5.74) is 0.698. The molecule has 1 N–H and O–H groups in total. The summed E-state index contributed by atoms with van der Waals surface area (Å²) in [5, 5.41) is 3.35. The largest absolute Gasteiger partial charge is 0.444 e. The van der Waals surface area contributed by atoms with Gasteiger partial charge in [0, 0.05) is 12.1 Å². The Bertz CT molecular complexity index is 351. The van der Waals surface area contributed by atoms with Crippen LogP contribution in [0.3, 0.4) is 0 Å². The average molecular weight is 240 g/mol. The van der Waals surface area contributed by atoms with Crippen molar-refractivity contribution in [3.63, 3.8) is 0 Å². The smallest absolute Gasteiger partial charge is 0.394 e. The molecule has 0 radical (unpaired) electrons. The quantitative estimate of drug-likeness (QED) is 0.859. The fourth-order valence-electron chi connectivity index (χ4n) is 1.08. The van der Waals surface area contributed by atoms with Crippen LogP contribution in [0.5, 0.6) is 6.08 Å². The highest BCUT2D eigenvalue weighted by molar-refractivity contribution is 5.01. The van der Waals surface area contributed by atoms with E-state index in [0.29, 0.717) is 12.6 Å². The van der Waals surface area contributed by atoms with Gasteiger partial charge in [-0.1, -0.05) is 6.92 Å². The first kappa shape index (κ1) is 14.0. The number of rotatable bonds is 5. The van der Waals surface area contributed by atoms with E-state index in [1.165, 1.54) is 0 Å². The second-order valence-electron chi connectivity index (χ2n) is 5.92. The van der Waals surface area contributed by atoms with Crippen LogP contribution in [0.2, 0.25) is 0 Å². The van der Waals surface area contributed by atoms with Crippen LogP contribution in [0.25, 0.3) is 0 Å².